The van der Waals surface area contributed by atoms with Crippen molar-refractivity contribution in [1.82, 2.24) is 14.7 Å². The second-order valence-corrected chi connectivity index (χ2v) is 5.73. The smallest absolute Gasteiger partial charge is 0.312 e. The van der Waals surface area contributed by atoms with Crippen LogP contribution < -0.4 is 0 Å². The molecule has 0 aliphatic rings. The van der Waals surface area contributed by atoms with E-state index >= 15 is 0 Å². The van der Waals surface area contributed by atoms with Gasteiger partial charge in [0, 0.05) is 20.2 Å². The van der Waals surface area contributed by atoms with Gasteiger partial charge >= 0.3 is 5.69 Å². The van der Waals surface area contributed by atoms with Gasteiger partial charge in [0.15, 0.2) is 0 Å². The van der Waals surface area contributed by atoms with E-state index in [9.17, 15) is 14.9 Å². The summed E-state index contributed by atoms with van der Waals surface area (Å²) in [6.45, 7) is 4.42. The van der Waals surface area contributed by atoms with Crippen LogP contribution in [-0.2, 0) is 22.6 Å². The summed E-state index contributed by atoms with van der Waals surface area (Å²) in [5.74, 6) is -0.165. The van der Waals surface area contributed by atoms with E-state index in [0.717, 1.165) is 5.56 Å². The van der Waals surface area contributed by atoms with Gasteiger partial charge in [-0.1, -0.05) is 30.3 Å². The lowest BCUT2D eigenvalue weighted by atomic mass is 10.2. The van der Waals surface area contributed by atoms with Crippen molar-refractivity contribution >= 4 is 11.6 Å². The number of carbonyl (C=O) groups is 1. The molecule has 0 N–H and O–H groups in total. The maximum atomic E-state index is 12.7. The molecular formula is C17H22N4O4. The standard InChI is InChI=1S/C17H22N4O4/c1-13-17(21(23)24)14(2)20(18-13)12-16(22)19(9-10-25-3)11-15-7-5-4-6-8-15/h4-8H,9-12H2,1-3H3. The third-order valence-electron chi connectivity index (χ3n) is 3.95. The molecule has 1 aromatic heterocycles. The van der Waals surface area contributed by atoms with E-state index < -0.39 is 4.92 Å². The van der Waals surface area contributed by atoms with Crippen molar-refractivity contribution in [2.24, 2.45) is 0 Å². The summed E-state index contributed by atoms with van der Waals surface area (Å²) in [5, 5.41) is 15.2. The SMILES string of the molecule is COCCN(Cc1ccccc1)C(=O)Cn1nc(C)c([N+](=O)[O-])c1C. The number of rotatable bonds is 8. The third kappa shape index (κ3) is 4.63. The van der Waals surface area contributed by atoms with E-state index in [1.807, 2.05) is 30.3 Å². The maximum absolute atomic E-state index is 12.7. The summed E-state index contributed by atoms with van der Waals surface area (Å²) in [7, 11) is 1.58. The summed E-state index contributed by atoms with van der Waals surface area (Å²) in [5.41, 5.74) is 1.65. The maximum Gasteiger partial charge on any atom is 0.312 e. The van der Waals surface area contributed by atoms with Crippen LogP contribution in [0, 0.1) is 24.0 Å². The number of hydrogen-bond acceptors (Lipinski definition) is 5. The van der Waals surface area contributed by atoms with Crippen LogP contribution in [-0.4, -0.2) is 45.8 Å². The van der Waals surface area contributed by atoms with Crippen LogP contribution in [0.25, 0.3) is 0 Å². The van der Waals surface area contributed by atoms with Gasteiger partial charge < -0.3 is 9.64 Å². The third-order valence-corrected chi connectivity index (χ3v) is 3.95. The summed E-state index contributed by atoms with van der Waals surface area (Å²) >= 11 is 0. The van der Waals surface area contributed by atoms with Crippen molar-refractivity contribution in [3.05, 3.63) is 57.4 Å². The molecule has 0 saturated carbocycles. The van der Waals surface area contributed by atoms with Gasteiger partial charge in [-0.05, 0) is 19.4 Å². The Morgan fingerprint density at radius 2 is 2.00 bits per heavy atom. The van der Waals surface area contributed by atoms with Gasteiger partial charge in [0.2, 0.25) is 5.91 Å². The highest BCUT2D eigenvalue weighted by atomic mass is 16.6. The van der Waals surface area contributed by atoms with Crippen LogP contribution >= 0.6 is 0 Å². The van der Waals surface area contributed by atoms with Crippen molar-refractivity contribution in [2.45, 2.75) is 26.9 Å². The number of carbonyl (C=O) groups excluding carboxylic acids is 1. The number of amides is 1. The molecule has 0 fully saturated rings. The quantitative estimate of drug-likeness (QED) is 0.539. The minimum absolute atomic E-state index is 0.0423. The van der Waals surface area contributed by atoms with Gasteiger partial charge in [-0.3, -0.25) is 19.6 Å². The Labute approximate surface area is 146 Å². The minimum Gasteiger partial charge on any atom is -0.383 e. The first-order valence-electron chi connectivity index (χ1n) is 7.93. The number of aryl methyl sites for hydroxylation is 1. The highest BCUT2D eigenvalue weighted by molar-refractivity contribution is 5.76. The molecule has 0 saturated heterocycles. The molecule has 0 radical (unpaired) electrons. The Balaban J connectivity index is 2.16. The minimum atomic E-state index is -0.467. The number of hydrogen-bond donors (Lipinski definition) is 0. The summed E-state index contributed by atoms with van der Waals surface area (Å²) in [6, 6.07) is 9.64. The van der Waals surface area contributed by atoms with Crippen LogP contribution in [0.5, 0.6) is 0 Å². The van der Waals surface area contributed by atoms with Crippen molar-refractivity contribution in [3.63, 3.8) is 0 Å². The lowest BCUT2D eigenvalue weighted by Gasteiger charge is -2.22. The van der Waals surface area contributed by atoms with Crippen LogP contribution in [0.2, 0.25) is 0 Å². The van der Waals surface area contributed by atoms with Gasteiger partial charge in [-0.2, -0.15) is 5.10 Å². The van der Waals surface area contributed by atoms with E-state index in [1.165, 1.54) is 4.68 Å². The van der Waals surface area contributed by atoms with Crippen molar-refractivity contribution in [2.75, 3.05) is 20.3 Å². The molecular weight excluding hydrogens is 324 g/mol. The lowest BCUT2D eigenvalue weighted by Crippen LogP contribution is -2.36. The summed E-state index contributed by atoms with van der Waals surface area (Å²) < 4.78 is 6.47. The number of ether oxygens (including phenoxy) is 1. The Kier molecular flexibility index (Phi) is 6.24. The van der Waals surface area contributed by atoms with Crippen molar-refractivity contribution in [3.8, 4) is 0 Å². The molecule has 134 valence electrons. The fourth-order valence-electron chi connectivity index (χ4n) is 2.63. The molecule has 0 spiro atoms. The fraction of sp³-hybridized carbons (Fsp3) is 0.412. The topological polar surface area (TPSA) is 90.5 Å². The van der Waals surface area contributed by atoms with Crippen molar-refractivity contribution in [1.29, 1.82) is 0 Å². The molecule has 2 rings (SSSR count). The van der Waals surface area contributed by atoms with Crippen molar-refractivity contribution < 1.29 is 14.5 Å². The number of benzene rings is 1. The Hall–Kier alpha value is -2.74. The van der Waals surface area contributed by atoms with Crippen LogP contribution in [0.3, 0.4) is 0 Å². The molecule has 25 heavy (non-hydrogen) atoms. The van der Waals surface area contributed by atoms with E-state index in [2.05, 4.69) is 5.10 Å². The Morgan fingerprint density at radius 1 is 1.32 bits per heavy atom. The monoisotopic (exact) mass is 346 g/mol. The highest BCUT2D eigenvalue weighted by Crippen LogP contribution is 2.21. The Morgan fingerprint density at radius 3 is 2.56 bits per heavy atom. The van der Waals surface area contributed by atoms with Crippen LogP contribution in [0.1, 0.15) is 17.0 Å². The van der Waals surface area contributed by atoms with E-state index in [1.54, 1.807) is 25.9 Å². The fourth-order valence-corrected chi connectivity index (χ4v) is 2.63. The number of methoxy groups -OCH3 is 1. The van der Waals surface area contributed by atoms with E-state index in [-0.39, 0.29) is 18.1 Å². The first-order valence-corrected chi connectivity index (χ1v) is 7.93. The van der Waals surface area contributed by atoms with E-state index in [0.29, 0.717) is 31.1 Å². The zero-order chi connectivity index (χ0) is 18.4. The van der Waals surface area contributed by atoms with Crippen LogP contribution in [0.15, 0.2) is 30.3 Å². The predicted molar refractivity (Wildman–Crippen MR) is 92.1 cm³/mol. The number of nitrogens with zero attached hydrogens (tertiary/aromatic N) is 4. The van der Waals surface area contributed by atoms with Gasteiger partial charge in [0.05, 0.1) is 11.5 Å². The Bertz CT molecular complexity index is 743. The molecule has 1 heterocycles. The second-order valence-electron chi connectivity index (χ2n) is 5.73. The molecule has 1 amide bonds. The van der Waals surface area contributed by atoms with Crippen LogP contribution in [0.4, 0.5) is 5.69 Å². The molecule has 0 unspecified atom stereocenters. The molecule has 8 heteroatoms. The zero-order valence-electron chi connectivity index (χ0n) is 14.6. The second kappa shape index (κ2) is 8.39. The molecule has 0 aliphatic carbocycles. The molecule has 0 atom stereocenters. The highest BCUT2D eigenvalue weighted by Gasteiger charge is 2.24. The summed E-state index contributed by atoms with van der Waals surface area (Å²) in [6.07, 6.45) is 0. The predicted octanol–water partition coefficient (Wildman–Crippen LogP) is 2.08. The lowest BCUT2D eigenvalue weighted by molar-refractivity contribution is -0.386. The average Bonchev–Trinajstić information content (AvgIpc) is 2.86. The first-order chi connectivity index (χ1) is 11.9. The van der Waals surface area contributed by atoms with Gasteiger partial charge in [0.1, 0.15) is 17.9 Å². The normalized spacial score (nSPS) is 10.7. The number of aromatic nitrogens is 2. The molecule has 8 nitrogen and oxygen atoms in total. The summed E-state index contributed by atoms with van der Waals surface area (Å²) in [4.78, 5) is 25.0. The number of nitro groups is 1. The molecule has 1 aromatic carbocycles. The van der Waals surface area contributed by atoms with E-state index in [4.69, 9.17) is 4.74 Å². The molecule has 2 aromatic rings. The average molecular weight is 346 g/mol. The molecule has 0 aliphatic heterocycles. The van der Waals surface area contributed by atoms with Gasteiger partial charge in [0.25, 0.3) is 0 Å². The first kappa shape index (κ1) is 18.6. The van der Waals surface area contributed by atoms with Gasteiger partial charge in [-0.15, -0.1) is 0 Å². The molecule has 0 bridgehead atoms. The zero-order valence-corrected chi connectivity index (χ0v) is 14.6. The van der Waals surface area contributed by atoms with Gasteiger partial charge in [-0.25, -0.2) is 0 Å². The largest absolute Gasteiger partial charge is 0.383 e.